The lowest BCUT2D eigenvalue weighted by Gasteiger charge is -2.14. The summed E-state index contributed by atoms with van der Waals surface area (Å²) in [5.74, 6) is 0.345. The van der Waals surface area contributed by atoms with Crippen LogP contribution in [0.1, 0.15) is 0 Å². The Morgan fingerprint density at radius 3 is 1.79 bits per heavy atom. The van der Waals surface area contributed by atoms with E-state index in [2.05, 4.69) is 20.0 Å². The monoisotopic (exact) mass is 444 g/mol. The molecule has 9 heteroatoms. The molecule has 1 aromatic heterocycles. The van der Waals surface area contributed by atoms with Gasteiger partial charge in [-0.15, -0.1) is 0 Å². The minimum Gasteiger partial charge on any atom is -0.337 e. The van der Waals surface area contributed by atoms with Crippen LogP contribution in [-0.2, 0) is 10.0 Å². The fraction of sp³-hybridized carbons (Fsp3) is 0. The molecule has 0 radical (unpaired) electrons. The molecule has 0 fully saturated rings. The number of fused-ring (bicyclic) bond motifs is 1. The van der Waals surface area contributed by atoms with Crippen molar-refractivity contribution < 1.29 is 8.42 Å². The van der Waals surface area contributed by atoms with Crippen LogP contribution in [-0.4, -0.2) is 18.4 Å². The van der Waals surface area contributed by atoms with Crippen LogP contribution in [0.5, 0.6) is 0 Å². The first-order chi connectivity index (χ1) is 13.9. The predicted octanol–water partition coefficient (Wildman–Crippen LogP) is 5.48. The van der Waals surface area contributed by atoms with Gasteiger partial charge in [0, 0.05) is 15.7 Å². The van der Waals surface area contributed by atoms with Crippen LogP contribution in [0, 0.1) is 0 Å². The quantitative estimate of drug-likeness (QED) is 0.425. The maximum atomic E-state index is 12.8. The van der Waals surface area contributed by atoms with Gasteiger partial charge in [-0.3, -0.25) is 4.72 Å². The lowest BCUT2D eigenvalue weighted by molar-refractivity contribution is 0.601. The van der Waals surface area contributed by atoms with Crippen molar-refractivity contribution in [3.63, 3.8) is 0 Å². The van der Waals surface area contributed by atoms with Crippen LogP contribution in [0.2, 0.25) is 10.0 Å². The van der Waals surface area contributed by atoms with E-state index in [1.807, 2.05) is 6.07 Å². The normalized spacial score (nSPS) is 11.4. The first-order valence-corrected chi connectivity index (χ1v) is 10.7. The van der Waals surface area contributed by atoms with E-state index in [1.165, 1.54) is 24.3 Å². The van der Waals surface area contributed by atoms with E-state index in [1.54, 1.807) is 42.5 Å². The molecule has 2 N–H and O–H groups in total. The van der Waals surface area contributed by atoms with E-state index in [9.17, 15) is 8.42 Å². The van der Waals surface area contributed by atoms with Gasteiger partial charge in [-0.05, 0) is 60.7 Å². The number of nitrogens with zero attached hydrogens (tertiary/aromatic N) is 2. The summed E-state index contributed by atoms with van der Waals surface area (Å²) in [5.41, 5.74) is 1.87. The van der Waals surface area contributed by atoms with Gasteiger partial charge in [0.05, 0.1) is 15.9 Å². The summed E-state index contributed by atoms with van der Waals surface area (Å²) in [6.07, 6.45) is 0. The fourth-order valence-electron chi connectivity index (χ4n) is 2.63. The van der Waals surface area contributed by atoms with E-state index in [0.29, 0.717) is 26.8 Å². The van der Waals surface area contributed by atoms with Crippen molar-refractivity contribution >= 4 is 61.6 Å². The van der Waals surface area contributed by atoms with Crippen molar-refractivity contribution in [1.29, 1.82) is 0 Å². The van der Waals surface area contributed by atoms with E-state index < -0.39 is 10.0 Å². The third-order valence-corrected chi connectivity index (χ3v) is 5.89. The minimum absolute atomic E-state index is 0.0642. The van der Waals surface area contributed by atoms with Crippen LogP contribution in [0.3, 0.4) is 0 Å². The molecule has 3 aromatic carbocycles. The summed E-state index contributed by atoms with van der Waals surface area (Å²) in [5, 5.41) is 4.13. The van der Waals surface area contributed by atoms with Gasteiger partial charge in [-0.25, -0.2) is 18.4 Å². The number of rotatable bonds is 5. The lowest BCUT2D eigenvalue weighted by atomic mass is 10.3. The summed E-state index contributed by atoms with van der Waals surface area (Å²) in [6.45, 7) is 0. The molecule has 0 spiro atoms. The van der Waals surface area contributed by atoms with Crippen LogP contribution in [0.4, 0.5) is 17.3 Å². The number of halogens is 2. The Balaban J connectivity index is 1.77. The molecule has 0 unspecified atom stereocenters. The molecule has 0 amide bonds. The molecule has 0 saturated carbocycles. The molecule has 1 heterocycles. The second-order valence-corrected chi connectivity index (χ2v) is 8.66. The maximum Gasteiger partial charge on any atom is 0.263 e. The van der Waals surface area contributed by atoms with Crippen LogP contribution < -0.4 is 10.0 Å². The average molecular weight is 445 g/mol. The number of anilines is 3. The Hall–Kier alpha value is -2.87. The van der Waals surface area contributed by atoms with E-state index in [-0.39, 0.29) is 16.5 Å². The zero-order valence-electron chi connectivity index (χ0n) is 14.8. The third-order valence-electron chi connectivity index (χ3n) is 4.03. The third kappa shape index (κ3) is 4.42. The van der Waals surface area contributed by atoms with E-state index in [0.717, 1.165) is 0 Å². The predicted molar refractivity (Wildman–Crippen MR) is 117 cm³/mol. The van der Waals surface area contributed by atoms with Crippen molar-refractivity contribution in [3.8, 4) is 0 Å². The van der Waals surface area contributed by atoms with Crippen LogP contribution in [0.15, 0.2) is 77.7 Å². The van der Waals surface area contributed by atoms with Gasteiger partial charge in [0.25, 0.3) is 10.0 Å². The summed E-state index contributed by atoms with van der Waals surface area (Å²) in [4.78, 5) is 9.04. The highest BCUT2D eigenvalue weighted by Gasteiger charge is 2.19. The largest absolute Gasteiger partial charge is 0.337 e. The van der Waals surface area contributed by atoms with E-state index >= 15 is 0 Å². The van der Waals surface area contributed by atoms with E-state index in [4.69, 9.17) is 23.2 Å². The SMILES string of the molecule is O=S(=O)(Nc1nc2ccccc2nc1Nc1ccc(Cl)cc1)c1ccc(Cl)cc1. The molecular weight excluding hydrogens is 431 g/mol. The topological polar surface area (TPSA) is 84.0 Å². The molecular formula is C20H14Cl2N4O2S. The summed E-state index contributed by atoms with van der Waals surface area (Å²) in [6, 6.07) is 20.0. The average Bonchev–Trinajstić information content (AvgIpc) is 2.70. The fourth-order valence-corrected chi connectivity index (χ4v) is 3.89. The van der Waals surface area contributed by atoms with Gasteiger partial charge in [-0.1, -0.05) is 35.3 Å². The Morgan fingerprint density at radius 2 is 1.21 bits per heavy atom. The van der Waals surface area contributed by atoms with Crippen LogP contribution >= 0.6 is 23.2 Å². The smallest absolute Gasteiger partial charge is 0.263 e. The highest BCUT2D eigenvalue weighted by atomic mass is 35.5. The molecule has 0 atom stereocenters. The minimum atomic E-state index is -3.89. The number of para-hydroxylation sites is 2. The molecule has 29 heavy (non-hydrogen) atoms. The molecule has 4 aromatic rings. The highest BCUT2D eigenvalue weighted by molar-refractivity contribution is 7.92. The summed E-state index contributed by atoms with van der Waals surface area (Å²) >= 11 is 11.8. The van der Waals surface area contributed by atoms with Crippen molar-refractivity contribution in [1.82, 2.24) is 9.97 Å². The summed E-state index contributed by atoms with van der Waals surface area (Å²) < 4.78 is 28.2. The second-order valence-electron chi connectivity index (χ2n) is 6.10. The Bertz CT molecular complexity index is 1280. The number of hydrogen-bond donors (Lipinski definition) is 2. The summed E-state index contributed by atoms with van der Waals surface area (Å²) in [7, 11) is -3.89. The zero-order chi connectivity index (χ0) is 20.4. The van der Waals surface area contributed by atoms with Gasteiger partial charge < -0.3 is 5.32 Å². The second kappa shape index (κ2) is 7.87. The number of aromatic nitrogens is 2. The number of benzene rings is 3. The molecule has 0 aliphatic carbocycles. The van der Waals surface area contributed by atoms with Gasteiger partial charge >= 0.3 is 0 Å². The Labute approximate surface area is 177 Å². The van der Waals surface area contributed by atoms with Crippen LogP contribution in [0.25, 0.3) is 11.0 Å². The Morgan fingerprint density at radius 1 is 0.690 bits per heavy atom. The van der Waals surface area contributed by atoms with Crippen molar-refractivity contribution in [2.75, 3.05) is 10.0 Å². The number of hydrogen-bond acceptors (Lipinski definition) is 5. The molecule has 0 aliphatic heterocycles. The van der Waals surface area contributed by atoms with Gasteiger partial charge in [0.2, 0.25) is 0 Å². The molecule has 0 aliphatic rings. The van der Waals surface area contributed by atoms with Gasteiger partial charge in [0.15, 0.2) is 11.6 Å². The molecule has 6 nitrogen and oxygen atoms in total. The first kappa shape index (κ1) is 19.4. The molecule has 0 saturated heterocycles. The maximum absolute atomic E-state index is 12.8. The standard InChI is InChI=1S/C20H14Cl2N4O2S/c21-13-5-9-15(10-6-13)23-19-20(25-18-4-2-1-3-17(18)24-19)26-29(27,28)16-11-7-14(22)8-12-16/h1-12H,(H,23,24)(H,25,26). The van der Waals surface area contributed by atoms with Crippen molar-refractivity contribution in [2.24, 2.45) is 0 Å². The molecule has 146 valence electrons. The molecule has 0 bridgehead atoms. The first-order valence-electron chi connectivity index (χ1n) is 8.48. The number of nitrogens with one attached hydrogen (secondary N) is 2. The lowest BCUT2D eigenvalue weighted by Crippen LogP contribution is -2.16. The Kier molecular flexibility index (Phi) is 5.27. The van der Waals surface area contributed by atoms with Crippen molar-refractivity contribution in [3.05, 3.63) is 82.8 Å². The highest BCUT2D eigenvalue weighted by Crippen LogP contribution is 2.27. The van der Waals surface area contributed by atoms with Gasteiger partial charge in [-0.2, -0.15) is 0 Å². The number of sulfonamides is 1. The molecule has 4 rings (SSSR count). The zero-order valence-corrected chi connectivity index (χ0v) is 17.1. The van der Waals surface area contributed by atoms with Gasteiger partial charge in [0.1, 0.15) is 0 Å². The van der Waals surface area contributed by atoms with Crippen molar-refractivity contribution in [2.45, 2.75) is 4.90 Å².